The summed E-state index contributed by atoms with van der Waals surface area (Å²) in [6.45, 7) is 2.86. The standard InChI is InChI=1S/C22H28ClN5O3/c1-4-24-22(30)27(12-13-31-3)15-21(29)28-20(16-7-9-17(23)10-8-16)14-18(25-28)19-6-5-11-26(19)2/h5-11,20H,4,12-15H2,1-3H3,(H,24,30). The minimum atomic E-state index is -0.304. The van der Waals surface area contributed by atoms with Crippen LogP contribution in [0.5, 0.6) is 0 Å². The van der Waals surface area contributed by atoms with Crippen LogP contribution in [0, 0.1) is 0 Å². The molecular formula is C22H28ClN5O3. The third-order valence-electron chi connectivity index (χ3n) is 5.17. The van der Waals surface area contributed by atoms with Crippen LogP contribution in [0.4, 0.5) is 4.79 Å². The highest BCUT2D eigenvalue weighted by Gasteiger charge is 2.34. The Labute approximate surface area is 187 Å². The lowest BCUT2D eigenvalue weighted by molar-refractivity contribution is -0.133. The average Bonchev–Trinajstić information content (AvgIpc) is 3.38. The van der Waals surface area contributed by atoms with Crippen LogP contribution in [0.1, 0.15) is 30.6 Å². The number of hydrazone groups is 1. The van der Waals surface area contributed by atoms with Crippen LogP contribution in [0.2, 0.25) is 5.02 Å². The van der Waals surface area contributed by atoms with Crippen LogP contribution in [0.15, 0.2) is 47.7 Å². The maximum atomic E-state index is 13.3. The summed E-state index contributed by atoms with van der Waals surface area (Å²) in [6.07, 6.45) is 2.52. The quantitative estimate of drug-likeness (QED) is 0.678. The molecule has 0 fully saturated rings. The van der Waals surface area contributed by atoms with Gasteiger partial charge in [-0.2, -0.15) is 5.10 Å². The predicted octanol–water partition coefficient (Wildman–Crippen LogP) is 3.03. The Morgan fingerprint density at radius 1 is 1.29 bits per heavy atom. The number of urea groups is 1. The summed E-state index contributed by atoms with van der Waals surface area (Å²) in [5.74, 6) is -0.258. The Morgan fingerprint density at radius 3 is 2.65 bits per heavy atom. The van der Waals surface area contributed by atoms with E-state index in [2.05, 4.69) is 10.4 Å². The Kier molecular flexibility index (Phi) is 7.70. The molecule has 1 aromatic heterocycles. The lowest BCUT2D eigenvalue weighted by Crippen LogP contribution is -2.47. The molecule has 1 N–H and O–H groups in total. The van der Waals surface area contributed by atoms with E-state index in [0.717, 1.165) is 17.0 Å². The SMILES string of the molecule is CCNC(=O)N(CCOC)CC(=O)N1N=C(c2cccn2C)CC1c1ccc(Cl)cc1. The van der Waals surface area contributed by atoms with E-state index in [1.54, 1.807) is 19.2 Å². The van der Waals surface area contributed by atoms with Crippen molar-refractivity contribution in [2.45, 2.75) is 19.4 Å². The normalized spacial score (nSPS) is 15.7. The zero-order chi connectivity index (χ0) is 22.4. The highest BCUT2D eigenvalue weighted by atomic mass is 35.5. The van der Waals surface area contributed by atoms with Gasteiger partial charge in [0.25, 0.3) is 5.91 Å². The van der Waals surface area contributed by atoms with Gasteiger partial charge in [0.2, 0.25) is 0 Å². The predicted molar refractivity (Wildman–Crippen MR) is 120 cm³/mol. The monoisotopic (exact) mass is 445 g/mol. The van der Waals surface area contributed by atoms with Gasteiger partial charge in [-0.3, -0.25) is 4.79 Å². The van der Waals surface area contributed by atoms with Crippen LogP contribution >= 0.6 is 11.6 Å². The molecule has 0 spiro atoms. The van der Waals surface area contributed by atoms with Gasteiger partial charge in [-0.25, -0.2) is 9.80 Å². The number of methoxy groups -OCH3 is 1. The number of hydrogen-bond donors (Lipinski definition) is 1. The number of halogens is 1. The summed E-state index contributed by atoms with van der Waals surface area (Å²) in [4.78, 5) is 27.2. The van der Waals surface area contributed by atoms with E-state index in [4.69, 9.17) is 16.3 Å². The van der Waals surface area contributed by atoms with Crippen molar-refractivity contribution in [1.82, 2.24) is 19.8 Å². The molecule has 8 nitrogen and oxygen atoms in total. The summed E-state index contributed by atoms with van der Waals surface area (Å²) >= 11 is 6.05. The summed E-state index contributed by atoms with van der Waals surface area (Å²) < 4.78 is 7.08. The number of rotatable bonds is 8. The number of nitrogens with one attached hydrogen (secondary N) is 1. The van der Waals surface area contributed by atoms with Gasteiger partial charge in [-0.1, -0.05) is 23.7 Å². The molecule has 1 aliphatic rings. The van der Waals surface area contributed by atoms with E-state index in [9.17, 15) is 9.59 Å². The summed E-state index contributed by atoms with van der Waals surface area (Å²) in [6, 6.07) is 10.8. The van der Waals surface area contributed by atoms with E-state index in [1.165, 1.54) is 9.91 Å². The van der Waals surface area contributed by atoms with E-state index in [-0.39, 0.29) is 24.5 Å². The molecule has 3 rings (SSSR count). The highest BCUT2D eigenvalue weighted by Crippen LogP contribution is 2.33. The van der Waals surface area contributed by atoms with Crippen LogP contribution < -0.4 is 5.32 Å². The van der Waals surface area contributed by atoms with Crippen molar-refractivity contribution < 1.29 is 14.3 Å². The number of amides is 3. The fraction of sp³-hybridized carbons (Fsp3) is 0.409. The van der Waals surface area contributed by atoms with E-state index < -0.39 is 0 Å². The van der Waals surface area contributed by atoms with Crippen molar-refractivity contribution in [1.29, 1.82) is 0 Å². The van der Waals surface area contributed by atoms with Crippen LogP contribution in [-0.4, -0.2) is 65.5 Å². The topological polar surface area (TPSA) is 79.2 Å². The average molecular weight is 446 g/mol. The molecule has 9 heteroatoms. The smallest absolute Gasteiger partial charge is 0.317 e. The summed E-state index contributed by atoms with van der Waals surface area (Å²) in [5.41, 5.74) is 2.71. The van der Waals surface area contributed by atoms with Crippen LogP contribution in [0.3, 0.4) is 0 Å². The van der Waals surface area contributed by atoms with Gasteiger partial charge in [0.1, 0.15) is 6.54 Å². The number of hydrogen-bond acceptors (Lipinski definition) is 4. The molecule has 2 aromatic rings. The first-order valence-electron chi connectivity index (χ1n) is 10.2. The molecule has 31 heavy (non-hydrogen) atoms. The third-order valence-corrected chi connectivity index (χ3v) is 5.42. The fourth-order valence-electron chi connectivity index (χ4n) is 3.55. The number of nitrogens with zero attached hydrogens (tertiary/aromatic N) is 4. The molecule has 0 aliphatic carbocycles. The first-order valence-corrected chi connectivity index (χ1v) is 10.6. The Morgan fingerprint density at radius 2 is 2.03 bits per heavy atom. The summed E-state index contributed by atoms with van der Waals surface area (Å²) in [5, 5.41) is 9.53. The molecule has 0 radical (unpaired) electrons. The van der Waals surface area contributed by atoms with Crippen LogP contribution in [-0.2, 0) is 16.6 Å². The molecule has 1 unspecified atom stereocenters. The molecule has 1 atom stereocenters. The molecule has 2 heterocycles. The van der Waals surface area contributed by atoms with Crippen molar-refractivity contribution in [3.8, 4) is 0 Å². The van der Waals surface area contributed by atoms with Gasteiger partial charge in [-0.05, 0) is 36.8 Å². The largest absolute Gasteiger partial charge is 0.383 e. The van der Waals surface area contributed by atoms with E-state index >= 15 is 0 Å². The number of carbonyl (C=O) groups excluding carboxylic acids is 2. The maximum absolute atomic E-state index is 13.3. The zero-order valence-electron chi connectivity index (χ0n) is 18.0. The van der Waals surface area contributed by atoms with Gasteiger partial charge in [-0.15, -0.1) is 0 Å². The Balaban J connectivity index is 1.87. The van der Waals surface area contributed by atoms with Gasteiger partial charge in [0, 0.05) is 44.9 Å². The molecular weight excluding hydrogens is 418 g/mol. The molecule has 1 aliphatic heterocycles. The zero-order valence-corrected chi connectivity index (χ0v) is 18.8. The Bertz CT molecular complexity index is 941. The first-order chi connectivity index (χ1) is 14.9. The number of aryl methyl sites for hydroxylation is 1. The van der Waals surface area contributed by atoms with Gasteiger partial charge < -0.3 is 19.5 Å². The van der Waals surface area contributed by atoms with Crippen molar-refractivity contribution in [2.24, 2.45) is 12.1 Å². The van der Waals surface area contributed by atoms with E-state index in [0.29, 0.717) is 31.1 Å². The summed E-state index contributed by atoms with van der Waals surface area (Å²) in [7, 11) is 3.51. The van der Waals surface area contributed by atoms with Crippen molar-refractivity contribution in [2.75, 3.05) is 33.4 Å². The second kappa shape index (κ2) is 10.5. The fourth-order valence-corrected chi connectivity index (χ4v) is 3.68. The van der Waals surface area contributed by atoms with Crippen molar-refractivity contribution in [3.05, 3.63) is 58.9 Å². The molecule has 0 bridgehead atoms. The lowest BCUT2D eigenvalue weighted by atomic mass is 10.0. The second-order valence-electron chi connectivity index (χ2n) is 7.31. The van der Waals surface area contributed by atoms with Crippen LogP contribution in [0.25, 0.3) is 0 Å². The van der Waals surface area contributed by atoms with Gasteiger partial charge in [0.05, 0.1) is 24.1 Å². The van der Waals surface area contributed by atoms with Crippen molar-refractivity contribution >= 4 is 29.3 Å². The number of carbonyl (C=O) groups is 2. The Hall–Kier alpha value is -2.84. The second-order valence-corrected chi connectivity index (χ2v) is 7.75. The maximum Gasteiger partial charge on any atom is 0.317 e. The van der Waals surface area contributed by atoms with E-state index in [1.807, 2.05) is 49.0 Å². The molecule has 0 saturated carbocycles. The highest BCUT2D eigenvalue weighted by molar-refractivity contribution is 6.30. The van der Waals surface area contributed by atoms with Gasteiger partial charge >= 0.3 is 6.03 Å². The number of benzene rings is 1. The molecule has 166 valence electrons. The lowest BCUT2D eigenvalue weighted by Gasteiger charge is -2.27. The minimum Gasteiger partial charge on any atom is -0.383 e. The molecule has 3 amide bonds. The number of aromatic nitrogens is 1. The first kappa shape index (κ1) is 22.8. The molecule has 1 aromatic carbocycles. The molecule has 0 saturated heterocycles. The van der Waals surface area contributed by atoms with Crippen molar-refractivity contribution in [3.63, 3.8) is 0 Å². The number of ether oxygens (including phenoxy) is 1. The third kappa shape index (κ3) is 5.45. The van der Waals surface area contributed by atoms with Gasteiger partial charge in [0.15, 0.2) is 0 Å². The minimum absolute atomic E-state index is 0.0940.